The van der Waals surface area contributed by atoms with E-state index in [1.165, 1.54) is 16.2 Å². The summed E-state index contributed by atoms with van der Waals surface area (Å²) in [6.07, 6.45) is 1.56. The van der Waals surface area contributed by atoms with Crippen LogP contribution in [0.15, 0.2) is 47.4 Å². The van der Waals surface area contributed by atoms with E-state index in [1.54, 1.807) is 30.3 Å². The van der Waals surface area contributed by atoms with E-state index in [-0.39, 0.29) is 10.7 Å². The molecule has 0 atom stereocenters. The molecular formula is C15H9ClN2O2S2. The van der Waals surface area contributed by atoms with Crippen LogP contribution in [0.3, 0.4) is 0 Å². The molecule has 3 rings (SSSR count). The number of benzene rings is 1. The number of halogens is 1. The zero-order chi connectivity index (χ0) is 15.7. The molecule has 1 fully saturated rings. The Labute approximate surface area is 141 Å². The van der Waals surface area contributed by atoms with Gasteiger partial charge in [-0.25, -0.2) is 0 Å². The number of hydrogen-bond donors (Lipinski definition) is 1. The van der Waals surface area contributed by atoms with Gasteiger partial charge in [0.05, 0.1) is 5.69 Å². The predicted octanol–water partition coefficient (Wildman–Crippen LogP) is 3.23. The first-order valence-electron chi connectivity index (χ1n) is 6.27. The smallest absolute Gasteiger partial charge is 0.270 e. The molecule has 0 aliphatic carbocycles. The van der Waals surface area contributed by atoms with E-state index >= 15 is 0 Å². The minimum atomic E-state index is -0.498. The normalized spacial score (nSPS) is 17.0. The van der Waals surface area contributed by atoms with Crippen molar-refractivity contribution in [2.45, 2.75) is 0 Å². The number of carbonyl (C=O) groups is 2. The van der Waals surface area contributed by atoms with Crippen molar-refractivity contribution < 1.29 is 9.59 Å². The Balaban J connectivity index is 2.03. The van der Waals surface area contributed by atoms with E-state index in [1.807, 2.05) is 17.5 Å². The molecule has 1 aliphatic rings. The van der Waals surface area contributed by atoms with Crippen molar-refractivity contribution in [2.24, 2.45) is 0 Å². The lowest BCUT2D eigenvalue weighted by Gasteiger charge is -2.28. The van der Waals surface area contributed by atoms with Crippen LogP contribution in [0.2, 0.25) is 5.02 Å². The molecule has 4 nitrogen and oxygen atoms in total. The summed E-state index contributed by atoms with van der Waals surface area (Å²) in [4.78, 5) is 26.8. The molecule has 22 heavy (non-hydrogen) atoms. The molecule has 1 aromatic carbocycles. The van der Waals surface area contributed by atoms with Crippen molar-refractivity contribution in [3.05, 3.63) is 57.3 Å². The zero-order valence-corrected chi connectivity index (χ0v) is 13.5. The summed E-state index contributed by atoms with van der Waals surface area (Å²) < 4.78 is 0. The number of hydrogen-bond acceptors (Lipinski definition) is 4. The molecule has 2 amide bonds. The summed E-state index contributed by atoms with van der Waals surface area (Å²) in [5.74, 6) is -0.967. The number of nitrogens with one attached hydrogen (secondary N) is 1. The molecule has 0 radical (unpaired) electrons. The van der Waals surface area contributed by atoms with E-state index in [4.69, 9.17) is 23.8 Å². The van der Waals surface area contributed by atoms with Crippen molar-refractivity contribution in [3.63, 3.8) is 0 Å². The lowest BCUT2D eigenvalue weighted by molar-refractivity contribution is -0.122. The average Bonchev–Trinajstić information content (AvgIpc) is 2.96. The van der Waals surface area contributed by atoms with E-state index in [9.17, 15) is 9.59 Å². The molecule has 0 saturated carbocycles. The fourth-order valence-corrected chi connectivity index (χ4v) is 3.15. The first-order chi connectivity index (χ1) is 10.6. The minimum Gasteiger partial charge on any atom is -0.298 e. The molecule has 1 aliphatic heterocycles. The number of thiocarbonyl (C=S) groups is 1. The SMILES string of the molecule is O=C1NC(=S)N(c2cccc(Cl)c2)C(=O)C1=Cc1cccs1. The molecule has 2 heterocycles. The molecule has 0 spiro atoms. The number of anilines is 1. The van der Waals surface area contributed by atoms with E-state index < -0.39 is 11.8 Å². The summed E-state index contributed by atoms with van der Waals surface area (Å²) in [5.41, 5.74) is 0.551. The number of rotatable bonds is 2. The first kappa shape index (κ1) is 14.9. The van der Waals surface area contributed by atoms with Gasteiger partial charge in [0.15, 0.2) is 5.11 Å². The molecule has 1 saturated heterocycles. The van der Waals surface area contributed by atoms with Crippen LogP contribution >= 0.6 is 35.2 Å². The Morgan fingerprint density at radius 1 is 1.23 bits per heavy atom. The quantitative estimate of drug-likeness (QED) is 0.515. The zero-order valence-electron chi connectivity index (χ0n) is 11.1. The number of carbonyl (C=O) groups excluding carboxylic acids is 2. The van der Waals surface area contributed by atoms with Crippen molar-refractivity contribution >= 4 is 63.8 Å². The summed E-state index contributed by atoms with van der Waals surface area (Å²) >= 11 is 12.5. The summed E-state index contributed by atoms with van der Waals surface area (Å²) in [5, 5.41) is 4.93. The Morgan fingerprint density at radius 2 is 2.05 bits per heavy atom. The predicted molar refractivity (Wildman–Crippen MR) is 92.0 cm³/mol. The summed E-state index contributed by atoms with van der Waals surface area (Å²) in [6, 6.07) is 10.4. The van der Waals surface area contributed by atoms with Crippen LogP contribution in [-0.4, -0.2) is 16.9 Å². The van der Waals surface area contributed by atoms with Crippen molar-refractivity contribution in [2.75, 3.05) is 4.90 Å². The summed E-state index contributed by atoms with van der Waals surface area (Å²) in [6.45, 7) is 0. The summed E-state index contributed by atoms with van der Waals surface area (Å²) in [7, 11) is 0. The highest BCUT2D eigenvalue weighted by atomic mass is 35.5. The minimum absolute atomic E-state index is 0.0380. The molecule has 110 valence electrons. The fraction of sp³-hybridized carbons (Fsp3) is 0. The Morgan fingerprint density at radius 3 is 2.73 bits per heavy atom. The van der Waals surface area contributed by atoms with E-state index in [0.717, 1.165) is 4.88 Å². The van der Waals surface area contributed by atoms with Gasteiger partial charge in [-0.2, -0.15) is 0 Å². The largest absolute Gasteiger partial charge is 0.298 e. The van der Waals surface area contributed by atoms with Gasteiger partial charge in [-0.1, -0.05) is 23.7 Å². The Bertz CT molecular complexity index is 800. The van der Waals surface area contributed by atoms with Gasteiger partial charge in [-0.15, -0.1) is 11.3 Å². The fourth-order valence-electron chi connectivity index (χ4n) is 2.02. The van der Waals surface area contributed by atoms with Crippen LogP contribution in [0.4, 0.5) is 5.69 Å². The maximum atomic E-state index is 12.7. The second-order valence-electron chi connectivity index (χ2n) is 4.45. The van der Waals surface area contributed by atoms with Crippen LogP contribution in [0, 0.1) is 0 Å². The lowest BCUT2D eigenvalue weighted by Crippen LogP contribution is -2.54. The van der Waals surface area contributed by atoms with Gasteiger partial charge in [-0.3, -0.25) is 19.8 Å². The maximum absolute atomic E-state index is 12.7. The molecular weight excluding hydrogens is 340 g/mol. The second-order valence-corrected chi connectivity index (χ2v) is 6.26. The van der Waals surface area contributed by atoms with E-state index in [2.05, 4.69) is 5.32 Å². The standard InChI is InChI=1S/C15H9ClN2O2S2/c16-9-3-1-4-10(7-9)18-14(20)12(13(19)17-15(18)21)8-11-5-2-6-22-11/h1-8H,(H,17,19,21). The highest BCUT2D eigenvalue weighted by molar-refractivity contribution is 7.80. The van der Waals surface area contributed by atoms with Crippen LogP contribution < -0.4 is 10.2 Å². The first-order valence-corrected chi connectivity index (χ1v) is 7.93. The van der Waals surface area contributed by atoms with Crippen molar-refractivity contribution in [1.29, 1.82) is 0 Å². The molecule has 2 aromatic rings. The van der Waals surface area contributed by atoms with Crippen LogP contribution in [0.5, 0.6) is 0 Å². The molecule has 7 heteroatoms. The second kappa shape index (κ2) is 6.00. The van der Waals surface area contributed by atoms with Crippen LogP contribution in [-0.2, 0) is 9.59 Å². The highest BCUT2D eigenvalue weighted by Gasteiger charge is 2.34. The maximum Gasteiger partial charge on any atom is 0.270 e. The van der Waals surface area contributed by atoms with Gasteiger partial charge in [0, 0.05) is 9.90 Å². The van der Waals surface area contributed by atoms with Gasteiger partial charge < -0.3 is 0 Å². The van der Waals surface area contributed by atoms with Gasteiger partial charge in [0.1, 0.15) is 5.57 Å². The Kier molecular flexibility index (Phi) is 4.06. The van der Waals surface area contributed by atoms with Gasteiger partial charge in [-0.05, 0) is 47.9 Å². The third-order valence-corrected chi connectivity index (χ3v) is 4.34. The molecule has 0 bridgehead atoms. The monoisotopic (exact) mass is 348 g/mol. The number of amides is 2. The third kappa shape index (κ3) is 2.81. The van der Waals surface area contributed by atoms with Crippen molar-refractivity contribution in [1.82, 2.24) is 5.32 Å². The third-order valence-electron chi connectivity index (χ3n) is 3.00. The van der Waals surface area contributed by atoms with Gasteiger partial charge in [0.2, 0.25) is 0 Å². The highest BCUT2D eigenvalue weighted by Crippen LogP contribution is 2.25. The average molecular weight is 349 g/mol. The number of thiophene rings is 1. The van der Waals surface area contributed by atoms with Crippen LogP contribution in [0.1, 0.15) is 4.88 Å². The Hall–Kier alpha value is -2.02. The lowest BCUT2D eigenvalue weighted by atomic mass is 10.1. The molecule has 0 unspecified atom stereocenters. The van der Waals surface area contributed by atoms with Crippen LogP contribution in [0.25, 0.3) is 6.08 Å². The molecule has 1 aromatic heterocycles. The van der Waals surface area contributed by atoms with Gasteiger partial charge >= 0.3 is 0 Å². The molecule has 1 N–H and O–H groups in total. The van der Waals surface area contributed by atoms with Crippen molar-refractivity contribution in [3.8, 4) is 0 Å². The topological polar surface area (TPSA) is 49.4 Å². The van der Waals surface area contributed by atoms with E-state index in [0.29, 0.717) is 10.7 Å². The number of nitrogens with zero attached hydrogens (tertiary/aromatic N) is 1. The van der Waals surface area contributed by atoms with Gasteiger partial charge in [0.25, 0.3) is 11.8 Å².